The molecule has 4 heteroatoms. The number of hydrogen-bond donors (Lipinski definition) is 0. The van der Waals surface area contributed by atoms with Crippen molar-refractivity contribution in [1.29, 1.82) is 0 Å². The summed E-state index contributed by atoms with van der Waals surface area (Å²) in [4.78, 5) is 20.8. The molecule has 2 heterocycles. The van der Waals surface area contributed by atoms with Crippen LogP contribution < -0.4 is 5.56 Å². The van der Waals surface area contributed by atoms with Gasteiger partial charge in [0.15, 0.2) is 0 Å². The van der Waals surface area contributed by atoms with Gasteiger partial charge in [0.2, 0.25) is 0 Å². The highest BCUT2D eigenvalue weighted by Gasteiger charge is 2.13. The average Bonchev–Trinajstić information content (AvgIpc) is 2.93. The highest BCUT2D eigenvalue weighted by Crippen LogP contribution is 2.16. The van der Waals surface area contributed by atoms with E-state index in [4.69, 9.17) is 4.98 Å². The van der Waals surface area contributed by atoms with Gasteiger partial charge in [0.1, 0.15) is 5.82 Å². The summed E-state index contributed by atoms with van der Waals surface area (Å²) in [6.45, 7) is 6.62. The fourth-order valence-electron chi connectivity index (χ4n) is 5.93. The van der Waals surface area contributed by atoms with Gasteiger partial charge >= 0.3 is 0 Å². The minimum Gasteiger partial charge on any atom is -0.303 e. The van der Waals surface area contributed by atoms with Gasteiger partial charge in [0.25, 0.3) is 5.56 Å². The molecule has 1 aliphatic rings. The van der Waals surface area contributed by atoms with Crippen LogP contribution in [0.2, 0.25) is 0 Å². The number of piperidine rings is 1. The Hall–Kier alpha value is -1.68. The number of likely N-dealkylation sites (tertiary alicyclic amines) is 1. The fraction of sp³-hybridized carbons (Fsp3) is 0.758. The van der Waals surface area contributed by atoms with Gasteiger partial charge < -0.3 is 4.90 Å². The summed E-state index contributed by atoms with van der Waals surface area (Å²) in [5, 5.41) is 0.765. The minimum atomic E-state index is 0.153. The van der Waals surface area contributed by atoms with Crippen LogP contribution in [0.3, 0.4) is 0 Å². The maximum absolute atomic E-state index is 13.3. The molecule has 37 heavy (non-hydrogen) atoms. The molecule has 0 radical (unpaired) electrons. The van der Waals surface area contributed by atoms with Crippen molar-refractivity contribution in [2.45, 2.75) is 142 Å². The zero-order valence-electron chi connectivity index (χ0n) is 24.0. The predicted molar refractivity (Wildman–Crippen MR) is 160 cm³/mol. The number of hydrogen-bond acceptors (Lipinski definition) is 3. The number of benzene rings is 1. The third-order valence-electron chi connectivity index (χ3n) is 8.25. The monoisotopic (exact) mass is 509 g/mol. The van der Waals surface area contributed by atoms with E-state index in [0.717, 1.165) is 49.1 Å². The maximum Gasteiger partial charge on any atom is 0.261 e. The molecule has 3 rings (SSSR count). The van der Waals surface area contributed by atoms with Gasteiger partial charge in [-0.15, -0.1) is 0 Å². The van der Waals surface area contributed by atoms with Crippen LogP contribution in [-0.4, -0.2) is 34.1 Å². The molecule has 1 fully saturated rings. The molecule has 1 saturated heterocycles. The Morgan fingerprint density at radius 2 is 1.24 bits per heavy atom. The van der Waals surface area contributed by atoms with Crippen LogP contribution in [0.15, 0.2) is 29.1 Å². The van der Waals surface area contributed by atoms with Crippen molar-refractivity contribution < 1.29 is 0 Å². The first-order valence-electron chi connectivity index (χ1n) is 16.0. The molecule has 2 aromatic rings. The first-order chi connectivity index (χ1) is 18.3. The van der Waals surface area contributed by atoms with E-state index < -0.39 is 0 Å². The molecule has 1 aromatic heterocycles. The normalized spacial score (nSPS) is 14.5. The molecule has 0 saturated carbocycles. The lowest BCUT2D eigenvalue weighted by Gasteiger charge is -2.26. The SMILES string of the molecule is CCCCCCCCCCCCCCCCCc1nc2ccccc2c(=O)n1CCCN1CCCCC1. The van der Waals surface area contributed by atoms with E-state index in [-0.39, 0.29) is 5.56 Å². The first kappa shape index (κ1) is 29.9. The molecule has 0 atom stereocenters. The van der Waals surface area contributed by atoms with E-state index in [1.165, 1.54) is 122 Å². The lowest BCUT2D eigenvalue weighted by atomic mass is 10.0. The fourth-order valence-corrected chi connectivity index (χ4v) is 5.93. The predicted octanol–water partition coefficient (Wildman–Crippen LogP) is 8.69. The highest BCUT2D eigenvalue weighted by atomic mass is 16.1. The van der Waals surface area contributed by atoms with Crippen molar-refractivity contribution in [1.82, 2.24) is 14.5 Å². The van der Waals surface area contributed by atoms with Crippen molar-refractivity contribution in [2.24, 2.45) is 0 Å². The second-order valence-corrected chi connectivity index (χ2v) is 11.5. The van der Waals surface area contributed by atoms with Gasteiger partial charge in [-0.2, -0.15) is 0 Å². The van der Waals surface area contributed by atoms with Crippen LogP contribution in [0, 0.1) is 0 Å². The van der Waals surface area contributed by atoms with E-state index in [9.17, 15) is 4.79 Å². The summed E-state index contributed by atoms with van der Waals surface area (Å²) in [6, 6.07) is 7.87. The third kappa shape index (κ3) is 11.3. The van der Waals surface area contributed by atoms with Gasteiger partial charge in [-0.1, -0.05) is 115 Å². The molecule has 0 spiro atoms. The number of rotatable bonds is 20. The van der Waals surface area contributed by atoms with E-state index >= 15 is 0 Å². The Kier molecular flexibility index (Phi) is 15.0. The summed E-state index contributed by atoms with van der Waals surface area (Å²) in [7, 11) is 0. The second-order valence-electron chi connectivity index (χ2n) is 11.5. The van der Waals surface area contributed by atoms with Crippen LogP contribution in [0.4, 0.5) is 0 Å². The number of fused-ring (bicyclic) bond motifs is 1. The lowest BCUT2D eigenvalue weighted by Crippen LogP contribution is -2.32. The molecule has 1 aliphatic heterocycles. The van der Waals surface area contributed by atoms with Crippen LogP contribution in [0.5, 0.6) is 0 Å². The van der Waals surface area contributed by atoms with Gasteiger partial charge in [0, 0.05) is 13.0 Å². The van der Waals surface area contributed by atoms with Gasteiger partial charge in [-0.3, -0.25) is 9.36 Å². The van der Waals surface area contributed by atoms with E-state index in [1.54, 1.807) is 0 Å². The van der Waals surface area contributed by atoms with E-state index in [1.807, 2.05) is 28.8 Å². The summed E-state index contributed by atoms with van der Waals surface area (Å²) in [6.07, 6.45) is 26.6. The van der Waals surface area contributed by atoms with E-state index in [2.05, 4.69) is 11.8 Å². The van der Waals surface area contributed by atoms with Crippen LogP contribution >= 0.6 is 0 Å². The van der Waals surface area contributed by atoms with Crippen molar-refractivity contribution in [3.8, 4) is 0 Å². The standard InChI is InChI=1S/C33H55N3O/c1-2-3-4-5-6-7-8-9-10-11-12-13-14-15-17-25-32-34-31-24-19-18-23-30(31)33(37)36(32)29-22-28-35-26-20-16-21-27-35/h18-19,23-24H,2-17,20-22,25-29H2,1H3. The minimum absolute atomic E-state index is 0.153. The smallest absolute Gasteiger partial charge is 0.261 e. The molecular weight excluding hydrogens is 454 g/mol. The Bertz CT molecular complexity index is 915. The Morgan fingerprint density at radius 3 is 1.86 bits per heavy atom. The topological polar surface area (TPSA) is 38.1 Å². The molecule has 1 aromatic carbocycles. The van der Waals surface area contributed by atoms with Crippen molar-refractivity contribution in [2.75, 3.05) is 19.6 Å². The van der Waals surface area contributed by atoms with Gasteiger partial charge in [0.05, 0.1) is 10.9 Å². The zero-order valence-corrected chi connectivity index (χ0v) is 24.0. The Balaban J connectivity index is 1.33. The second kappa shape index (κ2) is 18.6. The summed E-state index contributed by atoms with van der Waals surface area (Å²) >= 11 is 0. The molecule has 4 nitrogen and oxygen atoms in total. The third-order valence-corrected chi connectivity index (χ3v) is 8.25. The van der Waals surface area contributed by atoms with Crippen LogP contribution in [0.1, 0.15) is 135 Å². The summed E-state index contributed by atoms with van der Waals surface area (Å²) in [5.74, 6) is 0.997. The van der Waals surface area contributed by atoms with Crippen molar-refractivity contribution in [3.05, 3.63) is 40.4 Å². The maximum atomic E-state index is 13.3. The molecular formula is C33H55N3O. The van der Waals surface area contributed by atoms with Gasteiger partial charge in [-0.05, 0) is 57.5 Å². The summed E-state index contributed by atoms with van der Waals surface area (Å²) in [5.41, 5.74) is 1.01. The summed E-state index contributed by atoms with van der Waals surface area (Å²) < 4.78 is 2.00. The highest BCUT2D eigenvalue weighted by molar-refractivity contribution is 5.77. The Labute approximate surface area is 227 Å². The van der Waals surface area contributed by atoms with E-state index in [0.29, 0.717) is 0 Å². The Morgan fingerprint density at radius 1 is 0.676 bits per heavy atom. The van der Waals surface area contributed by atoms with Gasteiger partial charge in [-0.25, -0.2) is 4.98 Å². The number of unbranched alkanes of at least 4 members (excludes halogenated alkanes) is 14. The largest absolute Gasteiger partial charge is 0.303 e. The molecule has 0 bridgehead atoms. The molecule has 0 amide bonds. The molecule has 208 valence electrons. The molecule has 0 N–H and O–H groups in total. The average molecular weight is 510 g/mol. The van der Waals surface area contributed by atoms with Crippen molar-refractivity contribution >= 4 is 10.9 Å². The van der Waals surface area contributed by atoms with Crippen LogP contribution in [-0.2, 0) is 13.0 Å². The zero-order chi connectivity index (χ0) is 26.0. The number of para-hydroxylation sites is 1. The number of aryl methyl sites for hydroxylation is 1. The van der Waals surface area contributed by atoms with Crippen molar-refractivity contribution in [3.63, 3.8) is 0 Å². The number of nitrogens with zero attached hydrogens (tertiary/aromatic N) is 3. The molecule has 0 unspecified atom stereocenters. The number of aromatic nitrogens is 2. The van der Waals surface area contributed by atoms with Crippen LogP contribution in [0.25, 0.3) is 10.9 Å². The quantitative estimate of drug-likeness (QED) is 0.168. The molecule has 0 aliphatic carbocycles. The lowest BCUT2D eigenvalue weighted by molar-refractivity contribution is 0.222. The first-order valence-corrected chi connectivity index (χ1v) is 16.0.